The van der Waals surface area contributed by atoms with Gasteiger partial charge in [-0.15, -0.1) is 0 Å². The molecule has 17 heavy (non-hydrogen) atoms. The lowest BCUT2D eigenvalue weighted by Gasteiger charge is -2.03. The fourth-order valence-electron chi connectivity index (χ4n) is 1.31. The summed E-state index contributed by atoms with van der Waals surface area (Å²) in [7, 11) is 1.51. The van der Waals surface area contributed by atoms with Gasteiger partial charge in [0.2, 0.25) is 5.88 Å². The molecule has 0 aliphatic carbocycles. The van der Waals surface area contributed by atoms with Gasteiger partial charge in [0, 0.05) is 17.8 Å². The number of rotatable bonds is 3. The zero-order valence-electron chi connectivity index (χ0n) is 8.99. The molecule has 0 bridgehead atoms. The Morgan fingerprint density at radius 1 is 1.29 bits per heavy atom. The van der Waals surface area contributed by atoms with Gasteiger partial charge in [-0.25, -0.2) is 19.7 Å². The SMILES string of the molecule is COc1cc(-c2cc(C(=O)O)ncn2)ccn1. The number of carboxylic acids is 1. The fraction of sp³-hybridized carbons (Fsp3) is 0.0909. The summed E-state index contributed by atoms with van der Waals surface area (Å²) >= 11 is 0. The molecule has 6 nitrogen and oxygen atoms in total. The van der Waals surface area contributed by atoms with Gasteiger partial charge in [0.1, 0.15) is 6.33 Å². The van der Waals surface area contributed by atoms with E-state index in [2.05, 4.69) is 15.0 Å². The molecule has 0 radical (unpaired) electrons. The second-order valence-electron chi connectivity index (χ2n) is 3.18. The van der Waals surface area contributed by atoms with Crippen LogP contribution in [0.15, 0.2) is 30.7 Å². The van der Waals surface area contributed by atoms with Gasteiger partial charge in [-0.1, -0.05) is 0 Å². The first-order valence-electron chi connectivity index (χ1n) is 4.76. The monoisotopic (exact) mass is 231 g/mol. The molecule has 0 saturated heterocycles. The quantitative estimate of drug-likeness (QED) is 0.855. The zero-order valence-corrected chi connectivity index (χ0v) is 8.99. The Hall–Kier alpha value is -2.50. The van der Waals surface area contributed by atoms with E-state index in [1.165, 1.54) is 19.5 Å². The molecule has 0 amide bonds. The van der Waals surface area contributed by atoms with Gasteiger partial charge < -0.3 is 9.84 Å². The molecule has 0 fully saturated rings. The minimum Gasteiger partial charge on any atom is -0.481 e. The van der Waals surface area contributed by atoms with Crippen LogP contribution in [0.25, 0.3) is 11.3 Å². The molecule has 0 aliphatic rings. The van der Waals surface area contributed by atoms with E-state index in [9.17, 15) is 4.79 Å². The van der Waals surface area contributed by atoms with Crippen molar-refractivity contribution < 1.29 is 14.6 Å². The summed E-state index contributed by atoms with van der Waals surface area (Å²) in [5, 5.41) is 8.83. The van der Waals surface area contributed by atoms with E-state index in [1.807, 2.05) is 0 Å². The van der Waals surface area contributed by atoms with Crippen molar-refractivity contribution in [2.45, 2.75) is 0 Å². The van der Waals surface area contributed by atoms with Gasteiger partial charge in [0.15, 0.2) is 5.69 Å². The molecule has 2 heterocycles. The molecule has 0 unspecified atom stereocenters. The first-order chi connectivity index (χ1) is 8.20. The molecule has 0 atom stereocenters. The number of aromatic carboxylic acids is 1. The minimum absolute atomic E-state index is 0.0502. The standard InChI is InChI=1S/C11H9N3O3/c1-17-10-4-7(2-3-12-10)8-5-9(11(15)16)14-6-13-8/h2-6H,1H3,(H,15,16). The highest BCUT2D eigenvalue weighted by Crippen LogP contribution is 2.20. The molecular formula is C11H9N3O3. The molecule has 6 heteroatoms. The topological polar surface area (TPSA) is 85.2 Å². The lowest BCUT2D eigenvalue weighted by atomic mass is 10.1. The van der Waals surface area contributed by atoms with Crippen LogP contribution in [0.2, 0.25) is 0 Å². The van der Waals surface area contributed by atoms with E-state index in [4.69, 9.17) is 9.84 Å². The summed E-state index contributed by atoms with van der Waals surface area (Å²) in [4.78, 5) is 22.4. The van der Waals surface area contributed by atoms with Crippen molar-refractivity contribution >= 4 is 5.97 Å². The molecule has 2 aromatic heterocycles. The third-order valence-electron chi connectivity index (χ3n) is 2.13. The Kier molecular flexibility index (Phi) is 2.95. The average molecular weight is 231 g/mol. The van der Waals surface area contributed by atoms with Gasteiger partial charge in [-0.05, 0) is 12.1 Å². The summed E-state index contributed by atoms with van der Waals surface area (Å²) < 4.78 is 4.98. The second-order valence-corrected chi connectivity index (χ2v) is 3.18. The molecule has 0 aromatic carbocycles. The van der Waals surface area contributed by atoms with Gasteiger partial charge >= 0.3 is 5.97 Å². The molecule has 2 aromatic rings. The van der Waals surface area contributed by atoms with Crippen molar-refractivity contribution in [3.05, 3.63) is 36.4 Å². The summed E-state index contributed by atoms with van der Waals surface area (Å²) in [5.74, 6) is -0.646. The Bertz CT molecular complexity index is 557. The average Bonchev–Trinajstić information content (AvgIpc) is 2.39. The largest absolute Gasteiger partial charge is 0.481 e. The van der Waals surface area contributed by atoms with Crippen molar-refractivity contribution in [1.82, 2.24) is 15.0 Å². The first kappa shape index (κ1) is 11.0. The highest BCUT2D eigenvalue weighted by molar-refractivity contribution is 5.86. The van der Waals surface area contributed by atoms with Crippen LogP contribution < -0.4 is 4.74 Å². The smallest absolute Gasteiger partial charge is 0.354 e. The van der Waals surface area contributed by atoms with E-state index < -0.39 is 5.97 Å². The molecule has 1 N–H and O–H groups in total. The molecule has 86 valence electrons. The van der Waals surface area contributed by atoms with Crippen LogP contribution in [0.4, 0.5) is 0 Å². The Morgan fingerprint density at radius 2 is 2.12 bits per heavy atom. The molecule has 0 aliphatic heterocycles. The lowest BCUT2D eigenvalue weighted by Crippen LogP contribution is -2.01. The minimum atomic E-state index is -1.09. The number of nitrogens with zero attached hydrogens (tertiary/aromatic N) is 3. The molecular weight excluding hydrogens is 222 g/mol. The van der Waals surface area contributed by atoms with E-state index in [1.54, 1.807) is 18.3 Å². The second kappa shape index (κ2) is 4.56. The Morgan fingerprint density at radius 3 is 2.82 bits per heavy atom. The number of hydrogen-bond acceptors (Lipinski definition) is 5. The van der Waals surface area contributed by atoms with Crippen molar-refractivity contribution in [1.29, 1.82) is 0 Å². The third-order valence-corrected chi connectivity index (χ3v) is 2.13. The van der Waals surface area contributed by atoms with Crippen LogP contribution in [0, 0.1) is 0 Å². The van der Waals surface area contributed by atoms with Crippen molar-refractivity contribution in [2.75, 3.05) is 7.11 Å². The Labute approximate surface area is 96.9 Å². The summed E-state index contributed by atoms with van der Waals surface area (Å²) in [5.41, 5.74) is 1.19. The fourth-order valence-corrected chi connectivity index (χ4v) is 1.31. The van der Waals surface area contributed by atoms with Crippen LogP contribution in [0.3, 0.4) is 0 Å². The van der Waals surface area contributed by atoms with Crippen molar-refractivity contribution in [3.63, 3.8) is 0 Å². The Balaban J connectivity index is 2.45. The van der Waals surface area contributed by atoms with Gasteiger partial charge in [0.05, 0.1) is 12.8 Å². The van der Waals surface area contributed by atoms with E-state index in [0.29, 0.717) is 11.6 Å². The molecule has 0 spiro atoms. The van der Waals surface area contributed by atoms with E-state index >= 15 is 0 Å². The number of ether oxygens (including phenoxy) is 1. The van der Waals surface area contributed by atoms with Crippen LogP contribution in [0.5, 0.6) is 5.88 Å². The van der Waals surface area contributed by atoms with Crippen LogP contribution in [-0.2, 0) is 0 Å². The molecule has 2 rings (SSSR count). The van der Waals surface area contributed by atoms with Crippen LogP contribution >= 0.6 is 0 Å². The highest BCUT2D eigenvalue weighted by Gasteiger charge is 2.08. The maximum absolute atomic E-state index is 10.8. The summed E-state index contributed by atoms with van der Waals surface area (Å²) in [6, 6.07) is 4.79. The zero-order chi connectivity index (χ0) is 12.3. The lowest BCUT2D eigenvalue weighted by molar-refractivity contribution is 0.0690. The van der Waals surface area contributed by atoms with E-state index in [-0.39, 0.29) is 5.69 Å². The maximum Gasteiger partial charge on any atom is 0.354 e. The predicted octanol–water partition coefficient (Wildman–Crippen LogP) is 1.25. The van der Waals surface area contributed by atoms with Crippen LogP contribution in [-0.4, -0.2) is 33.1 Å². The summed E-state index contributed by atoms with van der Waals surface area (Å²) in [6.07, 6.45) is 2.78. The number of aromatic nitrogens is 3. The number of methoxy groups -OCH3 is 1. The maximum atomic E-state index is 10.8. The van der Waals surface area contributed by atoms with Gasteiger partial charge in [0.25, 0.3) is 0 Å². The number of carboxylic acid groups (broad SMARTS) is 1. The predicted molar refractivity (Wildman–Crippen MR) is 58.8 cm³/mol. The van der Waals surface area contributed by atoms with Gasteiger partial charge in [-0.3, -0.25) is 0 Å². The number of hydrogen-bond donors (Lipinski definition) is 1. The first-order valence-corrected chi connectivity index (χ1v) is 4.76. The normalized spacial score (nSPS) is 9.94. The third kappa shape index (κ3) is 2.36. The number of carbonyl (C=O) groups is 1. The summed E-state index contributed by atoms with van der Waals surface area (Å²) in [6.45, 7) is 0. The molecule has 0 saturated carbocycles. The van der Waals surface area contributed by atoms with E-state index in [0.717, 1.165) is 5.56 Å². The number of pyridine rings is 1. The highest BCUT2D eigenvalue weighted by atomic mass is 16.5. The van der Waals surface area contributed by atoms with Crippen molar-refractivity contribution in [2.24, 2.45) is 0 Å². The van der Waals surface area contributed by atoms with Crippen molar-refractivity contribution in [3.8, 4) is 17.1 Å². The van der Waals surface area contributed by atoms with Gasteiger partial charge in [-0.2, -0.15) is 0 Å². The van der Waals surface area contributed by atoms with Crippen LogP contribution in [0.1, 0.15) is 10.5 Å².